The van der Waals surface area contributed by atoms with E-state index in [9.17, 15) is 18.0 Å². The third-order valence-electron chi connectivity index (χ3n) is 2.88. The van der Waals surface area contributed by atoms with Crippen LogP contribution in [-0.4, -0.2) is 36.4 Å². The fraction of sp³-hybridized carbons (Fsp3) is 0.500. The number of nitrogens with one attached hydrogen (secondary N) is 1. The van der Waals surface area contributed by atoms with Crippen LogP contribution in [0.25, 0.3) is 0 Å². The lowest BCUT2D eigenvalue weighted by atomic mass is 10.1. The van der Waals surface area contributed by atoms with Gasteiger partial charge in [0.25, 0.3) is 0 Å². The molecule has 1 aromatic rings. The van der Waals surface area contributed by atoms with Gasteiger partial charge in [0.15, 0.2) is 5.92 Å². The summed E-state index contributed by atoms with van der Waals surface area (Å²) >= 11 is 0. The highest BCUT2D eigenvalue weighted by Crippen LogP contribution is 2.25. The molecular formula is C14H18F3NO3. The van der Waals surface area contributed by atoms with Gasteiger partial charge >= 0.3 is 12.1 Å². The second-order valence-corrected chi connectivity index (χ2v) is 4.87. The largest absolute Gasteiger partial charge is 0.492 e. The maximum Gasteiger partial charge on any atom is 0.403 e. The summed E-state index contributed by atoms with van der Waals surface area (Å²) < 4.78 is 42.8. The molecule has 0 heterocycles. The lowest BCUT2D eigenvalue weighted by Crippen LogP contribution is -2.43. The summed E-state index contributed by atoms with van der Waals surface area (Å²) in [6.07, 6.45) is -4.77. The van der Waals surface area contributed by atoms with Crippen molar-refractivity contribution in [2.24, 2.45) is 5.92 Å². The fourth-order valence-corrected chi connectivity index (χ4v) is 1.58. The molecule has 0 aromatic heterocycles. The molecule has 2 unspecified atom stereocenters. The van der Waals surface area contributed by atoms with Crippen molar-refractivity contribution in [2.75, 3.05) is 13.2 Å². The Labute approximate surface area is 120 Å². The average molecular weight is 305 g/mol. The number of benzene rings is 1. The molecule has 0 aliphatic rings. The highest BCUT2D eigenvalue weighted by atomic mass is 19.4. The monoisotopic (exact) mass is 305 g/mol. The molecule has 0 radical (unpaired) electrons. The molecule has 2 N–H and O–H groups in total. The van der Waals surface area contributed by atoms with Crippen LogP contribution < -0.4 is 10.1 Å². The summed E-state index contributed by atoms with van der Waals surface area (Å²) in [4.78, 5) is 10.6. The van der Waals surface area contributed by atoms with E-state index in [0.29, 0.717) is 5.75 Å². The number of alkyl halides is 3. The van der Waals surface area contributed by atoms with Gasteiger partial charge in [0.1, 0.15) is 12.4 Å². The first-order chi connectivity index (χ1) is 9.70. The summed E-state index contributed by atoms with van der Waals surface area (Å²) in [6.45, 7) is 3.02. The summed E-state index contributed by atoms with van der Waals surface area (Å²) in [5.74, 6) is -3.69. The molecular weight excluding hydrogens is 287 g/mol. The maximum atomic E-state index is 12.5. The zero-order valence-electron chi connectivity index (χ0n) is 11.8. The van der Waals surface area contributed by atoms with Crippen molar-refractivity contribution in [3.63, 3.8) is 0 Å². The van der Waals surface area contributed by atoms with Crippen LogP contribution in [0.5, 0.6) is 5.75 Å². The fourth-order valence-electron chi connectivity index (χ4n) is 1.58. The van der Waals surface area contributed by atoms with E-state index in [1.807, 2.05) is 19.1 Å². The van der Waals surface area contributed by atoms with Gasteiger partial charge in [-0.2, -0.15) is 13.2 Å². The number of aliphatic carboxylic acids is 1. The third-order valence-corrected chi connectivity index (χ3v) is 2.88. The number of rotatable bonds is 7. The van der Waals surface area contributed by atoms with Crippen LogP contribution in [0.1, 0.15) is 12.5 Å². The maximum absolute atomic E-state index is 12.5. The molecule has 0 spiro atoms. The van der Waals surface area contributed by atoms with E-state index in [0.717, 1.165) is 5.56 Å². The van der Waals surface area contributed by atoms with E-state index >= 15 is 0 Å². The number of hydrogen-bond donors (Lipinski definition) is 2. The molecule has 0 fully saturated rings. The zero-order chi connectivity index (χ0) is 16.0. The number of carboxylic acid groups (broad SMARTS) is 1. The molecule has 0 aliphatic carbocycles. The van der Waals surface area contributed by atoms with Crippen molar-refractivity contribution in [3.8, 4) is 5.75 Å². The molecule has 4 nitrogen and oxygen atoms in total. The highest BCUT2D eigenvalue weighted by molar-refractivity contribution is 5.71. The second-order valence-electron chi connectivity index (χ2n) is 4.87. The minimum absolute atomic E-state index is 0.146. The second kappa shape index (κ2) is 7.31. The van der Waals surface area contributed by atoms with Crippen LogP contribution in [-0.2, 0) is 4.79 Å². The SMILES string of the molecule is Cc1ccc(OCC(C)NCC(C(=O)O)C(F)(F)F)cc1. The average Bonchev–Trinajstić information content (AvgIpc) is 2.36. The summed E-state index contributed by atoms with van der Waals surface area (Å²) in [6, 6.07) is 6.83. The summed E-state index contributed by atoms with van der Waals surface area (Å²) in [5.41, 5.74) is 1.07. The number of carbonyl (C=O) groups is 1. The highest BCUT2D eigenvalue weighted by Gasteiger charge is 2.44. The van der Waals surface area contributed by atoms with Crippen LogP contribution in [0.4, 0.5) is 13.2 Å². The van der Waals surface area contributed by atoms with Gasteiger partial charge in [0.2, 0.25) is 0 Å². The van der Waals surface area contributed by atoms with Crippen molar-refractivity contribution in [3.05, 3.63) is 29.8 Å². The van der Waals surface area contributed by atoms with E-state index in [1.54, 1.807) is 19.1 Å². The van der Waals surface area contributed by atoms with Gasteiger partial charge in [-0.05, 0) is 26.0 Å². The minimum atomic E-state index is -4.77. The first kappa shape index (κ1) is 17.3. The molecule has 2 atom stereocenters. The first-order valence-electron chi connectivity index (χ1n) is 6.42. The van der Waals surface area contributed by atoms with Crippen LogP contribution in [0.2, 0.25) is 0 Å². The smallest absolute Gasteiger partial charge is 0.403 e. The quantitative estimate of drug-likeness (QED) is 0.813. The predicted octanol–water partition coefficient (Wildman–Crippen LogP) is 2.62. The molecule has 0 saturated heterocycles. The van der Waals surface area contributed by atoms with E-state index in [2.05, 4.69) is 5.32 Å². The van der Waals surface area contributed by atoms with E-state index < -0.39 is 30.7 Å². The summed E-state index contributed by atoms with van der Waals surface area (Å²) in [7, 11) is 0. The minimum Gasteiger partial charge on any atom is -0.492 e. The van der Waals surface area contributed by atoms with E-state index in [1.165, 1.54) is 0 Å². The molecule has 0 bridgehead atoms. The lowest BCUT2D eigenvalue weighted by Gasteiger charge is -2.20. The Morgan fingerprint density at radius 1 is 1.33 bits per heavy atom. The van der Waals surface area contributed by atoms with E-state index in [-0.39, 0.29) is 6.61 Å². The number of aryl methyl sites for hydroxylation is 1. The van der Waals surface area contributed by atoms with Gasteiger partial charge < -0.3 is 15.2 Å². The number of ether oxygens (including phenoxy) is 1. The Morgan fingerprint density at radius 2 is 1.90 bits per heavy atom. The Kier molecular flexibility index (Phi) is 6.02. The summed E-state index contributed by atoms with van der Waals surface area (Å²) in [5, 5.41) is 11.1. The molecule has 7 heteroatoms. The Morgan fingerprint density at radius 3 is 2.38 bits per heavy atom. The van der Waals surface area contributed by atoms with Crippen molar-refractivity contribution in [2.45, 2.75) is 26.1 Å². The molecule has 0 saturated carbocycles. The Bertz CT molecular complexity index is 460. The van der Waals surface area contributed by atoms with Gasteiger partial charge in [-0.3, -0.25) is 4.79 Å². The van der Waals surface area contributed by atoms with Crippen LogP contribution in [0, 0.1) is 12.8 Å². The molecule has 0 amide bonds. The molecule has 1 rings (SSSR count). The predicted molar refractivity (Wildman–Crippen MR) is 71.3 cm³/mol. The molecule has 21 heavy (non-hydrogen) atoms. The van der Waals surface area contributed by atoms with Crippen molar-refractivity contribution < 1.29 is 27.8 Å². The zero-order valence-corrected chi connectivity index (χ0v) is 11.8. The Balaban J connectivity index is 2.41. The van der Waals surface area contributed by atoms with Gasteiger partial charge in [-0.25, -0.2) is 0 Å². The van der Waals surface area contributed by atoms with Gasteiger partial charge in [0, 0.05) is 12.6 Å². The lowest BCUT2D eigenvalue weighted by molar-refractivity contribution is -0.192. The normalized spacial score (nSPS) is 14.5. The number of carboxylic acids is 1. The van der Waals surface area contributed by atoms with Crippen molar-refractivity contribution in [1.29, 1.82) is 0 Å². The number of halogens is 3. The van der Waals surface area contributed by atoms with Gasteiger partial charge in [-0.15, -0.1) is 0 Å². The van der Waals surface area contributed by atoms with E-state index in [4.69, 9.17) is 9.84 Å². The first-order valence-corrected chi connectivity index (χ1v) is 6.42. The standard InChI is InChI=1S/C14H18F3NO3/c1-9-3-5-11(6-4-9)21-8-10(2)18-7-12(13(19)20)14(15,16)17/h3-6,10,12,18H,7-8H2,1-2H3,(H,19,20). The molecule has 118 valence electrons. The van der Waals surface area contributed by atoms with Crippen LogP contribution in [0.3, 0.4) is 0 Å². The van der Waals surface area contributed by atoms with Crippen molar-refractivity contribution in [1.82, 2.24) is 5.32 Å². The van der Waals surface area contributed by atoms with Crippen LogP contribution >= 0.6 is 0 Å². The molecule has 1 aromatic carbocycles. The number of hydrogen-bond acceptors (Lipinski definition) is 3. The topological polar surface area (TPSA) is 58.6 Å². The van der Waals surface area contributed by atoms with Gasteiger partial charge in [0.05, 0.1) is 0 Å². The van der Waals surface area contributed by atoms with Crippen LogP contribution in [0.15, 0.2) is 24.3 Å². The Hall–Kier alpha value is -1.76. The van der Waals surface area contributed by atoms with Gasteiger partial charge in [-0.1, -0.05) is 17.7 Å². The molecule has 0 aliphatic heterocycles. The van der Waals surface area contributed by atoms with Crippen molar-refractivity contribution >= 4 is 5.97 Å². The third kappa shape index (κ3) is 6.03.